The van der Waals surface area contributed by atoms with Crippen molar-refractivity contribution in [2.75, 3.05) is 25.1 Å². The van der Waals surface area contributed by atoms with Crippen molar-refractivity contribution in [3.8, 4) is 17.2 Å². The number of aldehydes is 1. The number of carbonyl (C=O) groups is 2. The zero-order chi connectivity index (χ0) is 26.0. The lowest BCUT2D eigenvalue weighted by Gasteiger charge is -2.17. The van der Waals surface area contributed by atoms with E-state index in [2.05, 4.69) is 31.1 Å². The van der Waals surface area contributed by atoms with Gasteiger partial charge >= 0.3 is 6.03 Å². The van der Waals surface area contributed by atoms with Crippen molar-refractivity contribution >= 4 is 40.5 Å². The standard InChI is InChI=1S/C20H16ClN3O4.C5H12.C2H6/c1-27-19-10-16-14(8-12(19)11-25)18(4-5-22-16)28-13-2-3-17(15(21)9-13)24-7-6-23-20(24)26;1-4-5(2)3;1-2/h2-5,8-11H,6-7H2,1H3,(H,23,26);5H,4H2,1-3H3;1-2H3. The van der Waals surface area contributed by atoms with Gasteiger partial charge in [0.2, 0.25) is 0 Å². The number of rotatable bonds is 6. The fourth-order valence-electron chi connectivity index (χ4n) is 3.12. The van der Waals surface area contributed by atoms with Crippen molar-refractivity contribution in [3.05, 3.63) is 53.2 Å². The molecule has 1 fully saturated rings. The molecule has 0 aliphatic carbocycles. The molecule has 0 unspecified atom stereocenters. The Morgan fingerprint density at radius 2 is 1.89 bits per heavy atom. The summed E-state index contributed by atoms with van der Waals surface area (Å²) < 4.78 is 11.2. The van der Waals surface area contributed by atoms with Crippen LogP contribution in [0.15, 0.2) is 42.6 Å². The number of benzene rings is 2. The topological polar surface area (TPSA) is 80.8 Å². The largest absolute Gasteiger partial charge is 0.496 e. The van der Waals surface area contributed by atoms with Crippen LogP contribution in [0.1, 0.15) is 51.4 Å². The highest BCUT2D eigenvalue weighted by Gasteiger charge is 2.23. The van der Waals surface area contributed by atoms with Crippen molar-refractivity contribution in [2.45, 2.75) is 41.0 Å². The number of urea groups is 1. The van der Waals surface area contributed by atoms with Gasteiger partial charge in [-0.25, -0.2) is 4.79 Å². The Bertz CT molecular complexity index is 1150. The molecule has 0 bridgehead atoms. The molecule has 7 nitrogen and oxygen atoms in total. The van der Waals surface area contributed by atoms with E-state index in [1.165, 1.54) is 13.5 Å². The third-order valence-corrected chi connectivity index (χ3v) is 5.59. The summed E-state index contributed by atoms with van der Waals surface area (Å²) in [6.45, 7) is 11.8. The van der Waals surface area contributed by atoms with Crippen LogP contribution in [0.25, 0.3) is 10.9 Å². The van der Waals surface area contributed by atoms with Crippen LogP contribution < -0.4 is 19.7 Å². The molecule has 1 saturated heterocycles. The van der Waals surface area contributed by atoms with Gasteiger partial charge in [-0.1, -0.05) is 52.6 Å². The molecule has 0 atom stereocenters. The van der Waals surface area contributed by atoms with E-state index in [1.54, 1.807) is 47.5 Å². The van der Waals surface area contributed by atoms with Crippen LogP contribution in [0.3, 0.4) is 0 Å². The average molecular weight is 500 g/mol. The number of ether oxygens (including phenoxy) is 2. The SMILES string of the molecule is CC.CCC(C)C.COc1cc2nccc(Oc3ccc(N4CCNC4=O)c(Cl)c3)c2cc1C=O. The monoisotopic (exact) mass is 499 g/mol. The summed E-state index contributed by atoms with van der Waals surface area (Å²) in [4.78, 5) is 29.1. The first kappa shape index (κ1) is 27.9. The Kier molecular flexibility index (Phi) is 10.8. The number of aromatic nitrogens is 1. The van der Waals surface area contributed by atoms with Crippen LogP contribution in [-0.4, -0.2) is 37.5 Å². The minimum absolute atomic E-state index is 0.175. The van der Waals surface area contributed by atoms with Gasteiger partial charge in [-0.2, -0.15) is 0 Å². The number of anilines is 1. The van der Waals surface area contributed by atoms with E-state index < -0.39 is 0 Å². The third kappa shape index (κ3) is 7.09. The number of pyridine rings is 1. The second-order valence-electron chi connectivity index (χ2n) is 7.94. The minimum Gasteiger partial charge on any atom is -0.496 e. The smallest absolute Gasteiger partial charge is 0.322 e. The van der Waals surface area contributed by atoms with Gasteiger partial charge in [-0.3, -0.25) is 14.7 Å². The predicted molar refractivity (Wildman–Crippen MR) is 142 cm³/mol. The van der Waals surface area contributed by atoms with Crippen LogP contribution in [0, 0.1) is 5.92 Å². The van der Waals surface area contributed by atoms with E-state index in [0.717, 1.165) is 12.2 Å². The number of nitrogens with zero attached hydrogens (tertiary/aromatic N) is 2. The van der Waals surface area contributed by atoms with Gasteiger partial charge < -0.3 is 14.8 Å². The number of hydrogen-bond donors (Lipinski definition) is 1. The summed E-state index contributed by atoms with van der Waals surface area (Å²) in [6.07, 6.45) is 3.64. The average Bonchev–Trinajstić information content (AvgIpc) is 3.30. The molecule has 1 aromatic heterocycles. The maximum atomic E-state index is 11.8. The molecule has 2 amide bonds. The third-order valence-electron chi connectivity index (χ3n) is 5.29. The van der Waals surface area contributed by atoms with Gasteiger partial charge in [0.15, 0.2) is 6.29 Å². The summed E-state index contributed by atoms with van der Waals surface area (Å²) in [5, 5.41) is 3.82. The lowest BCUT2D eigenvalue weighted by Crippen LogP contribution is -2.27. The summed E-state index contributed by atoms with van der Waals surface area (Å²) in [7, 11) is 1.50. The Morgan fingerprint density at radius 1 is 1.17 bits per heavy atom. The fourth-order valence-corrected chi connectivity index (χ4v) is 3.39. The summed E-state index contributed by atoms with van der Waals surface area (Å²) in [5.41, 5.74) is 1.66. The summed E-state index contributed by atoms with van der Waals surface area (Å²) in [6, 6.07) is 10.0. The summed E-state index contributed by atoms with van der Waals surface area (Å²) in [5.74, 6) is 2.36. The highest BCUT2D eigenvalue weighted by molar-refractivity contribution is 6.34. The Labute approximate surface area is 212 Å². The first-order valence-electron chi connectivity index (χ1n) is 11.8. The van der Waals surface area contributed by atoms with Crippen LogP contribution in [0.5, 0.6) is 17.2 Å². The number of nitrogens with one attached hydrogen (secondary N) is 1. The van der Waals surface area contributed by atoms with E-state index in [-0.39, 0.29) is 6.03 Å². The highest BCUT2D eigenvalue weighted by Crippen LogP contribution is 2.36. The van der Waals surface area contributed by atoms with Gasteiger partial charge in [0.25, 0.3) is 0 Å². The molecule has 2 heterocycles. The first-order valence-corrected chi connectivity index (χ1v) is 12.2. The van der Waals surface area contributed by atoms with Gasteiger partial charge in [0.05, 0.1) is 28.9 Å². The minimum atomic E-state index is -0.175. The van der Waals surface area contributed by atoms with E-state index in [9.17, 15) is 9.59 Å². The van der Waals surface area contributed by atoms with Crippen LogP contribution in [0.2, 0.25) is 5.02 Å². The number of carbonyl (C=O) groups excluding carboxylic acids is 2. The number of hydrogen-bond acceptors (Lipinski definition) is 5. The normalized spacial score (nSPS) is 12.3. The van der Waals surface area contributed by atoms with Crippen LogP contribution in [0.4, 0.5) is 10.5 Å². The van der Waals surface area contributed by atoms with Crippen molar-refractivity contribution in [3.63, 3.8) is 0 Å². The van der Waals surface area contributed by atoms with E-state index >= 15 is 0 Å². The molecular formula is C27H34ClN3O4. The van der Waals surface area contributed by atoms with E-state index in [1.807, 2.05) is 13.8 Å². The quantitative estimate of drug-likeness (QED) is 0.365. The van der Waals surface area contributed by atoms with Gasteiger partial charge in [0.1, 0.15) is 17.2 Å². The zero-order valence-electron chi connectivity index (χ0n) is 21.2. The van der Waals surface area contributed by atoms with Gasteiger partial charge in [-0.15, -0.1) is 0 Å². The molecule has 0 saturated carbocycles. The second-order valence-corrected chi connectivity index (χ2v) is 8.35. The van der Waals surface area contributed by atoms with Crippen molar-refractivity contribution < 1.29 is 19.1 Å². The van der Waals surface area contributed by atoms with Crippen molar-refractivity contribution in [2.24, 2.45) is 5.92 Å². The van der Waals surface area contributed by atoms with Crippen LogP contribution in [-0.2, 0) is 0 Å². The molecule has 1 N–H and O–H groups in total. The zero-order valence-corrected chi connectivity index (χ0v) is 22.0. The van der Waals surface area contributed by atoms with Gasteiger partial charge in [-0.05, 0) is 30.2 Å². The maximum absolute atomic E-state index is 11.8. The molecule has 35 heavy (non-hydrogen) atoms. The first-order chi connectivity index (χ1) is 16.9. The Hall–Kier alpha value is -3.32. The number of fused-ring (bicyclic) bond motifs is 1. The van der Waals surface area contributed by atoms with Crippen LogP contribution >= 0.6 is 11.6 Å². The molecular weight excluding hydrogens is 466 g/mol. The van der Waals surface area contributed by atoms with Crippen molar-refractivity contribution in [1.82, 2.24) is 10.3 Å². The van der Waals surface area contributed by atoms with E-state index in [4.69, 9.17) is 21.1 Å². The molecule has 8 heteroatoms. The molecule has 0 radical (unpaired) electrons. The molecule has 188 valence electrons. The predicted octanol–water partition coefficient (Wildman–Crippen LogP) is 7.11. The second kappa shape index (κ2) is 13.5. The number of amides is 2. The molecule has 4 rings (SSSR count). The number of methoxy groups -OCH3 is 1. The molecule has 3 aromatic rings. The van der Waals surface area contributed by atoms with E-state index in [0.29, 0.717) is 57.5 Å². The molecule has 1 aliphatic rings. The lowest BCUT2D eigenvalue weighted by molar-refractivity contribution is 0.112. The van der Waals surface area contributed by atoms with Gasteiger partial charge in [0, 0.05) is 36.8 Å². The fraction of sp³-hybridized carbons (Fsp3) is 0.370. The summed E-state index contributed by atoms with van der Waals surface area (Å²) >= 11 is 6.37. The lowest BCUT2D eigenvalue weighted by atomic mass is 10.1. The molecule has 2 aromatic carbocycles. The molecule has 0 spiro atoms. The molecule has 1 aliphatic heterocycles. The maximum Gasteiger partial charge on any atom is 0.322 e. The Morgan fingerprint density at radius 3 is 2.43 bits per heavy atom. The number of halogens is 1. The highest BCUT2D eigenvalue weighted by atomic mass is 35.5. The Balaban J connectivity index is 0.000000551. The van der Waals surface area contributed by atoms with Crippen molar-refractivity contribution in [1.29, 1.82) is 0 Å².